The van der Waals surface area contributed by atoms with Gasteiger partial charge in [-0.2, -0.15) is 0 Å². The van der Waals surface area contributed by atoms with E-state index in [1.807, 2.05) is 43.4 Å². The van der Waals surface area contributed by atoms with Gasteiger partial charge in [0.25, 0.3) is 0 Å². The van der Waals surface area contributed by atoms with Crippen LogP contribution >= 0.6 is 0 Å². The lowest BCUT2D eigenvalue weighted by Crippen LogP contribution is -2.24. The van der Waals surface area contributed by atoms with Crippen molar-refractivity contribution in [1.82, 2.24) is 0 Å². The summed E-state index contributed by atoms with van der Waals surface area (Å²) in [4.78, 5) is 14.9. The van der Waals surface area contributed by atoms with Gasteiger partial charge < -0.3 is 14.4 Å². The number of allylic oxidation sites excluding steroid dienone is 1. The van der Waals surface area contributed by atoms with Crippen molar-refractivity contribution in [2.75, 3.05) is 19.1 Å². The van der Waals surface area contributed by atoms with Gasteiger partial charge in [-0.05, 0) is 29.3 Å². The number of para-hydroxylation sites is 1. The number of ketones is 1. The SMILES string of the molecule is COc1ccc([C@@H]2O[C@@H]2C(=O)/C=C2/N(C)c3ccccc3C2(C)C)cc1. The van der Waals surface area contributed by atoms with Gasteiger partial charge >= 0.3 is 0 Å². The first-order chi connectivity index (χ1) is 12.4. The van der Waals surface area contributed by atoms with E-state index in [2.05, 4.69) is 30.9 Å². The van der Waals surface area contributed by atoms with Crippen LogP contribution in [0.3, 0.4) is 0 Å². The molecule has 2 aromatic carbocycles. The minimum absolute atomic E-state index is 0.0218. The summed E-state index contributed by atoms with van der Waals surface area (Å²) in [5, 5.41) is 0. The molecule has 26 heavy (non-hydrogen) atoms. The number of anilines is 1. The van der Waals surface area contributed by atoms with E-state index in [1.165, 1.54) is 5.56 Å². The Bertz CT molecular complexity index is 883. The number of carbonyl (C=O) groups excluding carboxylic acids is 1. The van der Waals surface area contributed by atoms with Crippen molar-refractivity contribution in [2.24, 2.45) is 0 Å². The number of methoxy groups -OCH3 is 1. The zero-order chi connectivity index (χ0) is 18.5. The van der Waals surface area contributed by atoms with Gasteiger partial charge in [0, 0.05) is 29.9 Å². The van der Waals surface area contributed by atoms with Crippen molar-refractivity contribution in [3.05, 3.63) is 71.4 Å². The van der Waals surface area contributed by atoms with Crippen LogP contribution in [0.4, 0.5) is 5.69 Å². The van der Waals surface area contributed by atoms with Crippen LogP contribution in [0, 0.1) is 0 Å². The van der Waals surface area contributed by atoms with Gasteiger partial charge in [-0.3, -0.25) is 4.79 Å². The Kier molecular flexibility index (Phi) is 3.88. The van der Waals surface area contributed by atoms with Gasteiger partial charge in [0.15, 0.2) is 11.9 Å². The zero-order valence-corrected chi connectivity index (χ0v) is 15.5. The topological polar surface area (TPSA) is 42.1 Å². The number of fused-ring (bicyclic) bond motifs is 1. The summed E-state index contributed by atoms with van der Waals surface area (Å²) < 4.78 is 10.9. The molecule has 0 radical (unpaired) electrons. The number of hydrogen-bond donors (Lipinski definition) is 0. The fraction of sp³-hybridized carbons (Fsp3) is 0.318. The number of likely N-dealkylation sites (N-methyl/N-ethyl adjacent to an activating group) is 1. The number of ether oxygens (including phenoxy) is 2. The molecule has 2 heterocycles. The maximum Gasteiger partial charge on any atom is 0.189 e. The summed E-state index contributed by atoms with van der Waals surface area (Å²) in [6.07, 6.45) is 1.19. The first kappa shape index (κ1) is 16.9. The number of nitrogens with zero attached hydrogens (tertiary/aromatic N) is 1. The smallest absolute Gasteiger partial charge is 0.189 e. The number of rotatable bonds is 4. The molecular weight excluding hydrogens is 326 g/mol. The summed E-state index contributed by atoms with van der Waals surface area (Å²) in [6, 6.07) is 16.0. The molecular formula is C22H23NO3. The predicted molar refractivity (Wildman–Crippen MR) is 102 cm³/mol. The maximum absolute atomic E-state index is 12.8. The van der Waals surface area contributed by atoms with Crippen LogP contribution in [0.15, 0.2) is 60.3 Å². The Balaban J connectivity index is 1.55. The van der Waals surface area contributed by atoms with Crippen LogP contribution in [0.2, 0.25) is 0 Å². The first-order valence-electron chi connectivity index (χ1n) is 8.82. The number of benzene rings is 2. The second-order valence-electron chi connectivity index (χ2n) is 7.38. The van der Waals surface area contributed by atoms with Gasteiger partial charge in [-0.15, -0.1) is 0 Å². The van der Waals surface area contributed by atoms with Gasteiger partial charge in [-0.25, -0.2) is 0 Å². The number of hydrogen-bond acceptors (Lipinski definition) is 4. The van der Waals surface area contributed by atoms with Crippen molar-refractivity contribution >= 4 is 11.5 Å². The Morgan fingerprint density at radius 2 is 1.85 bits per heavy atom. The summed E-state index contributed by atoms with van der Waals surface area (Å²) in [7, 11) is 3.65. The van der Waals surface area contributed by atoms with Crippen LogP contribution in [-0.4, -0.2) is 26.0 Å². The molecule has 2 atom stereocenters. The van der Waals surface area contributed by atoms with Crippen molar-refractivity contribution in [3.8, 4) is 5.75 Å². The molecule has 4 heteroatoms. The van der Waals surface area contributed by atoms with E-state index < -0.39 is 6.10 Å². The van der Waals surface area contributed by atoms with E-state index >= 15 is 0 Å². The zero-order valence-electron chi connectivity index (χ0n) is 15.5. The average molecular weight is 349 g/mol. The van der Waals surface area contributed by atoms with Gasteiger partial charge in [0.05, 0.1) is 7.11 Å². The van der Waals surface area contributed by atoms with Crippen molar-refractivity contribution in [2.45, 2.75) is 31.5 Å². The molecule has 2 aromatic rings. The second kappa shape index (κ2) is 5.99. The molecule has 0 aromatic heterocycles. The fourth-order valence-electron chi connectivity index (χ4n) is 3.85. The lowest BCUT2D eigenvalue weighted by atomic mass is 9.83. The minimum Gasteiger partial charge on any atom is -0.497 e. The molecule has 0 amide bonds. The number of carbonyl (C=O) groups is 1. The summed E-state index contributed by atoms with van der Waals surface area (Å²) >= 11 is 0. The van der Waals surface area contributed by atoms with E-state index in [-0.39, 0.29) is 17.3 Å². The first-order valence-corrected chi connectivity index (χ1v) is 8.82. The second-order valence-corrected chi connectivity index (χ2v) is 7.38. The van der Waals surface area contributed by atoms with E-state index in [4.69, 9.17) is 9.47 Å². The van der Waals surface area contributed by atoms with Gasteiger partial charge in [0.2, 0.25) is 0 Å². The molecule has 1 fully saturated rings. The van der Waals surface area contributed by atoms with Crippen LogP contribution in [-0.2, 0) is 14.9 Å². The van der Waals surface area contributed by atoms with Crippen LogP contribution in [0.1, 0.15) is 31.1 Å². The lowest BCUT2D eigenvalue weighted by Gasteiger charge is -2.23. The Hall–Kier alpha value is -2.59. The summed E-state index contributed by atoms with van der Waals surface area (Å²) in [5.41, 5.74) is 4.20. The molecule has 4 rings (SSSR count). The highest BCUT2D eigenvalue weighted by Gasteiger charge is 2.46. The molecule has 0 bridgehead atoms. The molecule has 134 valence electrons. The third kappa shape index (κ3) is 2.61. The predicted octanol–water partition coefficient (Wildman–Crippen LogP) is 4.02. The van der Waals surface area contributed by atoms with Crippen molar-refractivity contribution < 1.29 is 14.3 Å². The number of epoxide rings is 1. The molecule has 0 aliphatic carbocycles. The normalized spacial score (nSPS) is 24.5. The minimum atomic E-state index is -0.399. The third-order valence-electron chi connectivity index (χ3n) is 5.44. The molecule has 2 aliphatic rings. The quantitative estimate of drug-likeness (QED) is 0.618. The van der Waals surface area contributed by atoms with E-state index in [1.54, 1.807) is 13.2 Å². The van der Waals surface area contributed by atoms with Crippen molar-refractivity contribution in [3.63, 3.8) is 0 Å². The highest BCUT2D eigenvalue weighted by atomic mass is 16.6. The Morgan fingerprint density at radius 1 is 1.15 bits per heavy atom. The Labute approximate surface area is 154 Å². The van der Waals surface area contributed by atoms with E-state index in [0.29, 0.717) is 0 Å². The van der Waals surface area contributed by atoms with Crippen LogP contribution in [0.25, 0.3) is 0 Å². The third-order valence-corrected chi connectivity index (χ3v) is 5.44. The molecule has 0 spiro atoms. The molecule has 0 N–H and O–H groups in total. The highest BCUT2D eigenvalue weighted by molar-refractivity contribution is 5.98. The van der Waals surface area contributed by atoms with Crippen LogP contribution < -0.4 is 9.64 Å². The highest BCUT2D eigenvalue weighted by Crippen LogP contribution is 2.47. The standard InChI is InChI=1S/C22H23NO3/c1-22(2)16-7-5-6-8-17(16)23(3)19(22)13-18(24)21-20(26-21)14-9-11-15(25-4)12-10-14/h5-13,20-21H,1-4H3/b19-13+/t20-,21+/m0/s1. The Morgan fingerprint density at radius 3 is 2.50 bits per heavy atom. The van der Waals surface area contributed by atoms with E-state index in [9.17, 15) is 4.79 Å². The molecule has 0 saturated carbocycles. The lowest BCUT2D eigenvalue weighted by molar-refractivity contribution is -0.115. The maximum atomic E-state index is 12.8. The van der Waals surface area contributed by atoms with Crippen LogP contribution in [0.5, 0.6) is 5.75 Å². The van der Waals surface area contributed by atoms with E-state index in [0.717, 1.165) is 22.7 Å². The van der Waals surface area contributed by atoms with Gasteiger partial charge in [-0.1, -0.05) is 44.2 Å². The molecule has 0 unspecified atom stereocenters. The molecule has 1 saturated heterocycles. The average Bonchev–Trinajstić information content (AvgIpc) is 3.43. The van der Waals surface area contributed by atoms with Crippen molar-refractivity contribution in [1.29, 1.82) is 0 Å². The fourth-order valence-corrected chi connectivity index (χ4v) is 3.85. The summed E-state index contributed by atoms with van der Waals surface area (Å²) in [5.74, 6) is 0.819. The monoisotopic (exact) mass is 349 g/mol. The molecule has 4 nitrogen and oxygen atoms in total. The van der Waals surface area contributed by atoms with Gasteiger partial charge in [0.1, 0.15) is 11.9 Å². The summed E-state index contributed by atoms with van der Waals surface area (Å²) in [6.45, 7) is 4.31. The molecule has 2 aliphatic heterocycles. The largest absolute Gasteiger partial charge is 0.497 e.